The van der Waals surface area contributed by atoms with Gasteiger partial charge < -0.3 is 15.0 Å². The molecule has 0 radical (unpaired) electrons. The molecule has 30 heavy (non-hydrogen) atoms. The first-order valence-corrected chi connectivity index (χ1v) is 11.0. The van der Waals surface area contributed by atoms with Crippen molar-refractivity contribution in [1.82, 2.24) is 9.88 Å². The number of anilines is 1. The second-order valence-electron chi connectivity index (χ2n) is 7.26. The summed E-state index contributed by atoms with van der Waals surface area (Å²) < 4.78 is 40.6. The Bertz CT molecular complexity index is 964. The minimum atomic E-state index is -4.72. The fraction of sp³-hybridized carbons (Fsp3) is 0.421. The van der Waals surface area contributed by atoms with Crippen LogP contribution >= 0.6 is 23.1 Å². The first-order chi connectivity index (χ1) is 14.1. The van der Waals surface area contributed by atoms with Crippen molar-refractivity contribution in [2.45, 2.75) is 43.5 Å². The van der Waals surface area contributed by atoms with Crippen LogP contribution in [0.1, 0.15) is 30.2 Å². The Morgan fingerprint density at radius 3 is 2.80 bits per heavy atom. The highest BCUT2D eigenvalue weighted by atomic mass is 32.2. The molecule has 11 heteroatoms. The molecule has 2 aliphatic heterocycles. The zero-order valence-corrected chi connectivity index (χ0v) is 17.5. The summed E-state index contributed by atoms with van der Waals surface area (Å²) in [5.74, 6) is 0.0245. The molecule has 2 saturated heterocycles. The smallest absolute Gasteiger partial charge is 0.406 e. The summed E-state index contributed by atoms with van der Waals surface area (Å²) in [6, 6.07) is 5.11. The standard InChI is InChI=1S/C19H18F3N3O3S2/c1-18-7-6-15(26)25(18)14(10-29-18)16(27)24-17-23-9-13(30-17)8-11-2-4-12(5-3-11)28-19(20,21)22/h2-5,9,14H,6-8,10H2,1H3,(H,23,24,27)/t14-,18-/m1/s1. The van der Waals surface area contributed by atoms with Crippen LogP contribution in [-0.2, 0) is 16.0 Å². The van der Waals surface area contributed by atoms with Gasteiger partial charge in [0.15, 0.2) is 5.13 Å². The maximum absolute atomic E-state index is 12.7. The Kier molecular flexibility index (Phi) is 5.43. The van der Waals surface area contributed by atoms with Crippen molar-refractivity contribution in [3.05, 3.63) is 40.9 Å². The van der Waals surface area contributed by atoms with Gasteiger partial charge in [0, 0.05) is 29.7 Å². The van der Waals surface area contributed by atoms with E-state index in [2.05, 4.69) is 15.0 Å². The number of thioether (sulfide) groups is 1. The van der Waals surface area contributed by atoms with Gasteiger partial charge in [-0.2, -0.15) is 0 Å². The number of carbonyl (C=O) groups is 2. The summed E-state index contributed by atoms with van der Waals surface area (Å²) in [5, 5.41) is 3.22. The van der Waals surface area contributed by atoms with Gasteiger partial charge in [-0.1, -0.05) is 12.1 Å². The number of nitrogens with one attached hydrogen (secondary N) is 1. The summed E-state index contributed by atoms with van der Waals surface area (Å²) in [5.41, 5.74) is 0.789. The number of alkyl halides is 3. The Labute approximate surface area is 178 Å². The van der Waals surface area contributed by atoms with Crippen molar-refractivity contribution < 1.29 is 27.5 Å². The van der Waals surface area contributed by atoms with Gasteiger partial charge in [0.25, 0.3) is 0 Å². The van der Waals surface area contributed by atoms with Crippen LogP contribution in [-0.4, -0.2) is 44.7 Å². The van der Waals surface area contributed by atoms with E-state index < -0.39 is 12.4 Å². The zero-order chi connectivity index (χ0) is 21.5. The normalized spacial score (nSPS) is 23.5. The second kappa shape index (κ2) is 7.77. The first-order valence-electron chi connectivity index (χ1n) is 9.19. The van der Waals surface area contributed by atoms with Gasteiger partial charge in [0.1, 0.15) is 11.8 Å². The number of carbonyl (C=O) groups excluding carboxylic acids is 2. The van der Waals surface area contributed by atoms with Gasteiger partial charge in [-0.05, 0) is 31.0 Å². The number of halogens is 3. The molecular formula is C19H18F3N3O3S2. The number of fused-ring (bicyclic) bond motifs is 1. The van der Waals surface area contributed by atoms with Gasteiger partial charge in [-0.25, -0.2) is 4.98 Å². The first kappa shape index (κ1) is 21.0. The second-order valence-corrected chi connectivity index (χ2v) is 9.87. The largest absolute Gasteiger partial charge is 0.573 e. The molecule has 1 aromatic carbocycles. The summed E-state index contributed by atoms with van der Waals surface area (Å²) >= 11 is 2.91. The Hall–Kier alpha value is -2.27. The number of hydrogen-bond donors (Lipinski definition) is 1. The van der Waals surface area contributed by atoms with Crippen LogP contribution in [0.15, 0.2) is 30.5 Å². The maximum Gasteiger partial charge on any atom is 0.573 e. The average Bonchev–Trinajstić information content (AvgIpc) is 3.32. The van der Waals surface area contributed by atoms with Crippen molar-refractivity contribution in [2.24, 2.45) is 0 Å². The molecule has 2 atom stereocenters. The molecule has 6 nitrogen and oxygen atoms in total. The summed E-state index contributed by atoms with van der Waals surface area (Å²) in [7, 11) is 0. The van der Waals surface area contributed by atoms with Crippen molar-refractivity contribution in [2.75, 3.05) is 11.1 Å². The van der Waals surface area contributed by atoms with Crippen LogP contribution in [0.3, 0.4) is 0 Å². The molecule has 2 amide bonds. The monoisotopic (exact) mass is 457 g/mol. The highest BCUT2D eigenvalue weighted by molar-refractivity contribution is 8.01. The quantitative estimate of drug-likeness (QED) is 0.734. The lowest BCUT2D eigenvalue weighted by Crippen LogP contribution is -2.48. The van der Waals surface area contributed by atoms with Gasteiger partial charge in [-0.15, -0.1) is 36.3 Å². The molecule has 0 bridgehead atoms. The molecule has 0 spiro atoms. The molecule has 3 heterocycles. The van der Waals surface area contributed by atoms with Crippen LogP contribution < -0.4 is 10.1 Å². The predicted molar refractivity (Wildman–Crippen MR) is 107 cm³/mol. The molecule has 0 aliphatic carbocycles. The molecule has 160 valence electrons. The van der Waals surface area contributed by atoms with E-state index in [0.717, 1.165) is 16.9 Å². The number of benzene rings is 1. The van der Waals surface area contributed by atoms with Crippen LogP contribution in [0.25, 0.3) is 0 Å². The van der Waals surface area contributed by atoms with Crippen molar-refractivity contribution in [1.29, 1.82) is 0 Å². The third kappa shape index (κ3) is 4.41. The minimum Gasteiger partial charge on any atom is -0.406 e. The number of aromatic nitrogens is 1. The molecular weight excluding hydrogens is 439 g/mol. The van der Waals surface area contributed by atoms with Gasteiger partial charge in [0.05, 0.1) is 4.87 Å². The average molecular weight is 457 g/mol. The van der Waals surface area contributed by atoms with E-state index in [1.54, 1.807) is 35.0 Å². The lowest BCUT2D eigenvalue weighted by molar-refractivity contribution is -0.274. The van der Waals surface area contributed by atoms with Crippen LogP contribution in [0.4, 0.5) is 18.3 Å². The Balaban J connectivity index is 1.36. The number of rotatable bonds is 5. The fourth-order valence-electron chi connectivity index (χ4n) is 3.66. The Morgan fingerprint density at radius 2 is 2.10 bits per heavy atom. The topological polar surface area (TPSA) is 71.5 Å². The molecule has 0 unspecified atom stereocenters. The summed E-state index contributed by atoms with van der Waals surface area (Å²) in [6.45, 7) is 1.99. The third-order valence-corrected chi connectivity index (χ3v) is 7.48. The minimum absolute atomic E-state index is 0.000396. The van der Waals surface area contributed by atoms with Crippen LogP contribution in [0.5, 0.6) is 5.75 Å². The van der Waals surface area contributed by atoms with E-state index in [1.165, 1.54) is 23.5 Å². The third-order valence-electron chi connectivity index (χ3n) is 5.07. The number of ether oxygens (including phenoxy) is 1. The van der Waals surface area contributed by atoms with E-state index in [9.17, 15) is 22.8 Å². The van der Waals surface area contributed by atoms with Gasteiger partial charge in [0.2, 0.25) is 11.8 Å². The van der Waals surface area contributed by atoms with E-state index in [-0.39, 0.29) is 22.4 Å². The fourth-order valence-corrected chi connectivity index (χ4v) is 5.94. The molecule has 2 aromatic rings. The lowest BCUT2D eigenvalue weighted by Gasteiger charge is -2.29. The van der Waals surface area contributed by atoms with Gasteiger partial charge >= 0.3 is 6.36 Å². The summed E-state index contributed by atoms with van der Waals surface area (Å²) in [4.78, 5) is 31.3. The number of nitrogens with zero attached hydrogens (tertiary/aromatic N) is 2. The number of hydrogen-bond acceptors (Lipinski definition) is 6. The molecule has 2 aliphatic rings. The zero-order valence-electron chi connectivity index (χ0n) is 15.9. The van der Waals surface area contributed by atoms with E-state index in [1.807, 2.05) is 6.92 Å². The molecule has 4 rings (SSSR count). The molecule has 2 fully saturated rings. The Morgan fingerprint density at radius 1 is 1.37 bits per heavy atom. The number of thiazole rings is 1. The van der Waals surface area contributed by atoms with E-state index in [4.69, 9.17) is 0 Å². The molecule has 0 saturated carbocycles. The highest BCUT2D eigenvalue weighted by Gasteiger charge is 2.52. The van der Waals surface area contributed by atoms with Crippen LogP contribution in [0, 0.1) is 0 Å². The van der Waals surface area contributed by atoms with E-state index >= 15 is 0 Å². The molecule has 1 N–H and O–H groups in total. The lowest BCUT2D eigenvalue weighted by atomic mass is 10.1. The predicted octanol–water partition coefficient (Wildman–Crippen LogP) is 4.03. The SMILES string of the molecule is C[C@@]12CCC(=O)N1[C@@H](C(=O)Nc1ncc(Cc3ccc(OC(F)(F)F)cc3)s1)CS2. The van der Waals surface area contributed by atoms with E-state index in [0.29, 0.717) is 23.7 Å². The summed E-state index contributed by atoms with van der Waals surface area (Å²) in [6.07, 6.45) is -1.44. The van der Waals surface area contributed by atoms with Crippen LogP contribution in [0.2, 0.25) is 0 Å². The van der Waals surface area contributed by atoms with Crippen molar-refractivity contribution in [3.8, 4) is 5.75 Å². The van der Waals surface area contributed by atoms with Crippen molar-refractivity contribution in [3.63, 3.8) is 0 Å². The van der Waals surface area contributed by atoms with Gasteiger partial charge in [-0.3, -0.25) is 9.59 Å². The highest BCUT2D eigenvalue weighted by Crippen LogP contribution is 2.47. The van der Waals surface area contributed by atoms with Crippen molar-refractivity contribution >= 4 is 40.0 Å². The number of amides is 2. The molecule has 1 aromatic heterocycles. The maximum atomic E-state index is 12.7.